The Morgan fingerprint density at radius 3 is 2.48 bits per heavy atom. The van der Waals surface area contributed by atoms with Crippen molar-refractivity contribution < 1.29 is 47.7 Å². The Balaban J connectivity index is 0.942. The maximum absolute atomic E-state index is 14.7. The number of esters is 1. The molecular weight excluding hydrogens is 755 g/mol. The lowest BCUT2D eigenvalue weighted by Gasteiger charge is -2.21. The maximum Gasteiger partial charge on any atom is 0.340 e. The van der Waals surface area contributed by atoms with Crippen LogP contribution in [0.4, 0.5) is 4.39 Å². The van der Waals surface area contributed by atoms with Crippen LogP contribution >= 0.6 is 0 Å². The molecule has 5 heterocycles. The summed E-state index contributed by atoms with van der Waals surface area (Å²) in [5, 5.41) is 19.1. The van der Waals surface area contributed by atoms with Gasteiger partial charge in [0.1, 0.15) is 25.2 Å². The predicted octanol–water partition coefficient (Wildman–Crippen LogP) is 2.12. The summed E-state index contributed by atoms with van der Waals surface area (Å²) in [5.41, 5.74) is 3.50. The standard InChI is InChI=1S/C41H47FN6O10/c1-22(2)36(46-32(49)10-5-4-7-13-47-34(51)11-12-35(47)52)39(54)43-18-33(50)44-21-57-14-8-6-9-24-25-15-23(3)29(42)17-30(25)45-37-27(24)19-48-31(37)16-26-28(40(48)55)20-58-41(56)38(26)53/h11-12,15-17,22,36,38,53H,4-10,13-14,18-21H2,1-3H3,(H,43,54)(H,44,50)(H,46,49)/t36-,38-/m0/s1. The number of rotatable bonds is 18. The molecule has 6 rings (SSSR count). The van der Waals surface area contributed by atoms with Gasteiger partial charge < -0.3 is 35.1 Å². The monoisotopic (exact) mass is 802 g/mol. The number of aryl methyl sites for hydroxylation is 2. The average molecular weight is 803 g/mol. The minimum atomic E-state index is -1.59. The fraction of sp³-hybridized carbons (Fsp3) is 0.463. The lowest BCUT2D eigenvalue weighted by molar-refractivity contribution is -0.157. The molecule has 0 aliphatic carbocycles. The smallest absolute Gasteiger partial charge is 0.340 e. The Bertz CT molecular complexity index is 2230. The molecule has 2 atom stereocenters. The van der Waals surface area contributed by atoms with E-state index in [1.54, 1.807) is 32.9 Å². The highest BCUT2D eigenvalue weighted by Crippen LogP contribution is 2.39. The van der Waals surface area contributed by atoms with Gasteiger partial charge in [-0.25, -0.2) is 14.2 Å². The topological polar surface area (TPSA) is 215 Å². The van der Waals surface area contributed by atoms with Crippen molar-refractivity contribution in [1.29, 1.82) is 0 Å². The quantitative estimate of drug-likeness (QED) is 0.0495. The molecule has 0 radical (unpaired) electrons. The summed E-state index contributed by atoms with van der Waals surface area (Å²) < 4.78 is 26.9. The molecule has 0 fully saturated rings. The second-order valence-electron chi connectivity index (χ2n) is 15.0. The number of ether oxygens (including phenoxy) is 2. The number of amides is 5. The van der Waals surface area contributed by atoms with Crippen LogP contribution in [0.1, 0.15) is 86.3 Å². The molecule has 5 amide bonds. The SMILES string of the molecule is Cc1cc2c(CCCCOCNC(=O)CNC(=O)[C@@H](NC(=O)CCCCCN3C(=O)C=CC3=O)C(C)C)c3c(nc2cc1F)-c1cc2c(c(=O)n1C3)COC(=O)[C@H]2O. The molecule has 0 spiro atoms. The van der Waals surface area contributed by atoms with Gasteiger partial charge in [0.25, 0.3) is 17.4 Å². The van der Waals surface area contributed by atoms with E-state index in [-0.39, 0.29) is 79.7 Å². The van der Waals surface area contributed by atoms with E-state index < -0.39 is 35.7 Å². The zero-order valence-corrected chi connectivity index (χ0v) is 32.7. The minimum Gasteiger partial charge on any atom is -0.458 e. The van der Waals surface area contributed by atoms with Crippen molar-refractivity contribution >= 4 is 46.4 Å². The molecule has 0 saturated heterocycles. The second kappa shape index (κ2) is 18.2. The van der Waals surface area contributed by atoms with Crippen LogP contribution in [-0.4, -0.2) is 87.5 Å². The average Bonchev–Trinajstić information content (AvgIpc) is 3.72. The highest BCUT2D eigenvalue weighted by atomic mass is 19.1. The van der Waals surface area contributed by atoms with Crippen LogP contribution < -0.4 is 21.5 Å². The van der Waals surface area contributed by atoms with E-state index in [1.165, 1.54) is 22.8 Å². The van der Waals surface area contributed by atoms with Crippen molar-refractivity contribution in [1.82, 2.24) is 30.4 Å². The number of carbonyl (C=O) groups is 6. The van der Waals surface area contributed by atoms with Gasteiger partial charge in [-0.3, -0.25) is 33.7 Å². The Kier molecular flexibility index (Phi) is 13.1. The summed E-state index contributed by atoms with van der Waals surface area (Å²) in [7, 11) is 0. The van der Waals surface area contributed by atoms with Gasteiger partial charge in [0, 0.05) is 54.3 Å². The zero-order chi connectivity index (χ0) is 41.7. The van der Waals surface area contributed by atoms with Crippen molar-refractivity contribution in [2.45, 2.75) is 91.0 Å². The second-order valence-corrected chi connectivity index (χ2v) is 15.0. The fourth-order valence-corrected chi connectivity index (χ4v) is 7.34. The van der Waals surface area contributed by atoms with Gasteiger partial charge in [-0.2, -0.15) is 0 Å². The molecule has 308 valence electrons. The molecule has 17 heteroatoms. The Morgan fingerprint density at radius 1 is 0.983 bits per heavy atom. The predicted molar refractivity (Wildman–Crippen MR) is 206 cm³/mol. The number of carbonyl (C=O) groups excluding carboxylic acids is 6. The molecule has 16 nitrogen and oxygen atoms in total. The summed E-state index contributed by atoms with van der Waals surface area (Å²) in [6.07, 6.45) is 4.53. The van der Waals surface area contributed by atoms with Gasteiger partial charge in [-0.15, -0.1) is 0 Å². The van der Waals surface area contributed by atoms with Crippen LogP contribution in [0.5, 0.6) is 0 Å². The molecule has 4 N–H and O–H groups in total. The zero-order valence-electron chi connectivity index (χ0n) is 32.7. The number of aliphatic hydroxyl groups is 1. The van der Waals surface area contributed by atoms with Crippen molar-refractivity contribution in [3.8, 4) is 11.4 Å². The Hall–Kier alpha value is -5.81. The van der Waals surface area contributed by atoms with E-state index in [4.69, 9.17) is 14.5 Å². The molecular formula is C41H47FN6O10. The van der Waals surface area contributed by atoms with E-state index in [9.17, 15) is 43.1 Å². The van der Waals surface area contributed by atoms with Gasteiger partial charge in [0.2, 0.25) is 17.7 Å². The third-order valence-electron chi connectivity index (χ3n) is 10.6. The third-order valence-corrected chi connectivity index (χ3v) is 10.6. The normalized spacial score (nSPS) is 16.0. The molecule has 2 aromatic heterocycles. The molecule has 0 unspecified atom stereocenters. The first-order valence-electron chi connectivity index (χ1n) is 19.4. The number of fused-ring (bicyclic) bond motifs is 5. The van der Waals surface area contributed by atoms with E-state index in [2.05, 4.69) is 16.0 Å². The summed E-state index contributed by atoms with van der Waals surface area (Å²) >= 11 is 0. The molecule has 1 aromatic carbocycles. The number of unbranched alkanes of at least 4 members (excludes halogenated alkanes) is 3. The summed E-state index contributed by atoms with van der Waals surface area (Å²) in [5.74, 6) is -3.47. The van der Waals surface area contributed by atoms with E-state index in [1.807, 2.05) is 0 Å². The lowest BCUT2D eigenvalue weighted by Crippen LogP contribution is -2.51. The summed E-state index contributed by atoms with van der Waals surface area (Å²) in [4.78, 5) is 92.6. The number of cyclic esters (lactones) is 1. The van der Waals surface area contributed by atoms with Crippen LogP contribution in [0.2, 0.25) is 0 Å². The number of benzene rings is 1. The number of aliphatic hydroxyl groups excluding tert-OH is 1. The van der Waals surface area contributed by atoms with Gasteiger partial charge in [-0.05, 0) is 68.2 Å². The van der Waals surface area contributed by atoms with Gasteiger partial charge in [0.15, 0.2) is 6.10 Å². The first-order chi connectivity index (χ1) is 27.7. The fourth-order valence-electron chi connectivity index (χ4n) is 7.34. The van der Waals surface area contributed by atoms with Crippen molar-refractivity contribution in [2.24, 2.45) is 5.92 Å². The summed E-state index contributed by atoms with van der Waals surface area (Å²) in [6, 6.07) is 3.85. The first kappa shape index (κ1) is 41.8. The van der Waals surface area contributed by atoms with E-state index in [0.717, 1.165) is 21.4 Å². The number of hydrogen-bond donors (Lipinski definition) is 4. The van der Waals surface area contributed by atoms with Gasteiger partial charge >= 0.3 is 5.97 Å². The number of hydrogen-bond acceptors (Lipinski definition) is 11. The minimum absolute atomic E-state index is 0.0946. The number of halogens is 1. The van der Waals surface area contributed by atoms with Crippen LogP contribution in [-0.2, 0) is 57.8 Å². The summed E-state index contributed by atoms with van der Waals surface area (Å²) in [6.45, 7) is 5.38. The highest BCUT2D eigenvalue weighted by molar-refractivity contribution is 6.12. The number of imide groups is 1. The van der Waals surface area contributed by atoms with Crippen molar-refractivity contribution in [2.75, 3.05) is 26.4 Å². The van der Waals surface area contributed by atoms with Crippen LogP contribution in [0.3, 0.4) is 0 Å². The number of pyridine rings is 2. The Morgan fingerprint density at radius 2 is 1.74 bits per heavy atom. The molecule has 58 heavy (non-hydrogen) atoms. The maximum atomic E-state index is 14.7. The van der Waals surface area contributed by atoms with Crippen LogP contribution in [0.25, 0.3) is 22.3 Å². The van der Waals surface area contributed by atoms with Crippen molar-refractivity contribution in [3.05, 3.63) is 74.3 Å². The van der Waals surface area contributed by atoms with Crippen LogP contribution in [0, 0.1) is 18.7 Å². The third kappa shape index (κ3) is 9.15. The van der Waals surface area contributed by atoms with E-state index >= 15 is 0 Å². The van der Waals surface area contributed by atoms with Gasteiger partial charge in [0.05, 0.1) is 35.6 Å². The molecule has 3 aliphatic heterocycles. The molecule has 0 saturated carbocycles. The lowest BCUT2D eigenvalue weighted by atomic mass is 9.94. The molecule has 3 aromatic rings. The Labute approximate surface area is 333 Å². The number of nitrogens with zero attached hydrogens (tertiary/aromatic N) is 3. The molecule has 0 bridgehead atoms. The highest BCUT2D eigenvalue weighted by Gasteiger charge is 2.35. The number of nitrogens with one attached hydrogen (secondary N) is 3. The molecule has 3 aliphatic rings. The number of aromatic nitrogens is 2. The van der Waals surface area contributed by atoms with E-state index in [0.29, 0.717) is 67.6 Å². The van der Waals surface area contributed by atoms with Crippen LogP contribution in [0.15, 0.2) is 35.1 Å². The van der Waals surface area contributed by atoms with Crippen molar-refractivity contribution in [3.63, 3.8) is 0 Å². The first-order valence-corrected chi connectivity index (χ1v) is 19.4. The van der Waals surface area contributed by atoms with Gasteiger partial charge in [-0.1, -0.05) is 20.3 Å². The largest absolute Gasteiger partial charge is 0.458 e.